The first-order chi connectivity index (χ1) is 9.24. The summed E-state index contributed by atoms with van der Waals surface area (Å²) in [4.78, 5) is 14.4. The van der Waals surface area contributed by atoms with Gasteiger partial charge < -0.3 is 9.64 Å². The second-order valence-electron chi connectivity index (χ2n) is 5.57. The molecule has 0 aliphatic carbocycles. The van der Waals surface area contributed by atoms with Crippen molar-refractivity contribution in [3.8, 4) is 0 Å². The first-order valence-corrected chi connectivity index (χ1v) is 7.15. The highest BCUT2D eigenvalue weighted by Crippen LogP contribution is 2.23. The normalized spacial score (nSPS) is 27.1. The fourth-order valence-corrected chi connectivity index (χ4v) is 3.06. The van der Waals surface area contributed by atoms with Crippen LogP contribution in [0.1, 0.15) is 31.2 Å². The highest BCUT2D eigenvalue weighted by molar-refractivity contribution is 5.81. The number of likely N-dealkylation sites (tertiary alicyclic amines) is 1. The summed E-state index contributed by atoms with van der Waals surface area (Å²) < 4.78 is 7.46. The average Bonchev–Trinajstić information content (AvgIpc) is 3.10. The van der Waals surface area contributed by atoms with Crippen LogP contribution in [0.5, 0.6) is 0 Å². The number of nitrogens with zero attached hydrogens (tertiary/aromatic N) is 3. The number of carbonyl (C=O) groups excluding carboxylic acids is 1. The summed E-state index contributed by atoms with van der Waals surface area (Å²) in [7, 11) is 0. The Morgan fingerprint density at radius 3 is 3.05 bits per heavy atom. The van der Waals surface area contributed by atoms with E-state index in [1.54, 1.807) is 0 Å². The van der Waals surface area contributed by atoms with Crippen molar-refractivity contribution in [1.82, 2.24) is 14.7 Å². The maximum Gasteiger partial charge on any atom is 0.252 e. The zero-order valence-electron chi connectivity index (χ0n) is 11.4. The zero-order chi connectivity index (χ0) is 13.2. The van der Waals surface area contributed by atoms with E-state index in [1.165, 1.54) is 0 Å². The van der Waals surface area contributed by atoms with Crippen LogP contribution in [-0.4, -0.2) is 45.9 Å². The SMILES string of the molecule is Cc1cnn(C[C@H]2CCCN2C(=O)[C@H]2CCCO2)c1. The second kappa shape index (κ2) is 5.33. The topological polar surface area (TPSA) is 47.4 Å². The fraction of sp³-hybridized carbons (Fsp3) is 0.714. The molecule has 2 atom stereocenters. The lowest BCUT2D eigenvalue weighted by atomic mass is 10.2. The van der Waals surface area contributed by atoms with Gasteiger partial charge >= 0.3 is 0 Å². The summed E-state index contributed by atoms with van der Waals surface area (Å²) in [5, 5.41) is 4.32. The molecule has 2 fully saturated rings. The summed E-state index contributed by atoms with van der Waals surface area (Å²) >= 11 is 0. The van der Waals surface area contributed by atoms with Crippen molar-refractivity contribution in [2.45, 2.75) is 51.3 Å². The van der Waals surface area contributed by atoms with Gasteiger partial charge in [-0.25, -0.2) is 0 Å². The fourth-order valence-electron chi connectivity index (χ4n) is 3.06. The Morgan fingerprint density at radius 1 is 1.47 bits per heavy atom. The van der Waals surface area contributed by atoms with Crippen molar-refractivity contribution in [1.29, 1.82) is 0 Å². The number of ether oxygens (including phenoxy) is 1. The summed E-state index contributed by atoms with van der Waals surface area (Å²) in [6.45, 7) is 4.43. The molecule has 0 unspecified atom stereocenters. The quantitative estimate of drug-likeness (QED) is 0.827. The first-order valence-electron chi connectivity index (χ1n) is 7.15. The first kappa shape index (κ1) is 12.7. The molecule has 0 bridgehead atoms. The standard InChI is InChI=1S/C14H21N3O2/c1-11-8-15-16(9-11)10-12-4-2-6-17(12)14(18)13-5-3-7-19-13/h8-9,12-13H,2-7,10H2,1H3/t12-,13-/m1/s1. The molecule has 1 amide bonds. The van der Waals surface area contributed by atoms with Crippen LogP contribution < -0.4 is 0 Å². The number of hydrogen-bond acceptors (Lipinski definition) is 3. The minimum atomic E-state index is -0.194. The van der Waals surface area contributed by atoms with Gasteiger partial charge in [-0.3, -0.25) is 9.48 Å². The van der Waals surface area contributed by atoms with Crippen molar-refractivity contribution in [2.75, 3.05) is 13.2 Å². The third-order valence-corrected chi connectivity index (χ3v) is 4.03. The molecule has 19 heavy (non-hydrogen) atoms. The van der Waals surface area contributed by atoms with Crippen molar-refractivity contribution >= 4 is 5.91 Å². The Morgan fingerprint density at radius 2 is 2.37 bits per heavy atom. The van der Waals surface area contributed by atoms with Gasteiger partial charge in [-0.1, -0.05) is 0 Å². The Hall–Kier alpha value is -1.36. The Bertz CT molecular complexity index is 451. The van der Waals surface area contributed by atoms with Gasteiger partial charge in [0.15, 0.2) is 0 Å². The molecule has 2 saturated heterocycles. The van der Waals surface area contributed by atoms with Crippen molar-refractivity contribution in [2.24, 2.45) is 0 Å². The van der Waals surface area contributed by atoms with E-state index in [9.17, 15) is 4.79 Å². The molecule has 0 saturated carbocycles. The Labute approximate surface area is 113 Å². The van der Waals surface area contributed by atoms with E-state index >= 15 is 0 Å². The molecule has 2 aliphatic rings. The van der Waals surface area contributed by atoms with E-state index in [1.807, 2.05) is 28.9 Å². The highest BCUT2D eigenvalue weighted by atomic mass is 16.5. The maximum atomic E-state index is 12.4. The molecular weight excluding hydrogens is 242 g/mol. The summed E-state index contributed by atoms with van der Waals surface area (Å²) in [6, 6.07) is 0.274. The minimum absolute atomic E-state index is 0.184. The smallest absolute Gasteiger partial charge is 0.252 e. The lowest BCUT2D eigenvalue weighted by Crippen LogP contribution is -2.43. The van der Waals surface area contributed by atoms with Crippen molar-refractivity contribution in [3.05, 3.63) is 18.0 Å². The second-order valence-corrected chi connectivity index (χ2v) is 5.57. The number of aryl methyl sites for hydroxylation is 1. The number of amides is 1. The maximum absolute atomic E-state index is 12.4. The van der Waals surface area contributed by atoms with Gasteiger partial charge in [-0.2, -0.15) is 5.10 Å². The lowest BCUT2D eigenvalue weighted by molar-refractivity contribution is -0.142. The predicted octanol–water partition coefficient (Wildman–Crippen LogP) is 1.36. The van der Waals surface area contributed by atoms with Gasteiger partial charge in [-0.15, -0.1) is 0 Å². The number of rotatable bonds is 3. The van der Waals surface area contributed by atoms with Crippen LogP contribution in [0.25, 0.3) is 0 Å². The molecule has 5 nitrogen and oxygen atoms in total. The van der Waals surface area contributed by atoms with Gasteiger partial charge in [-0.05, 0) is 38.2 Å². The highest BCUT2D eigenvalue weighted by Gasteiger charge is 2.35. The van der Waals surface area contributed by atoms with Crippen LogP contribution in [0.15, 0.2) is 12.4 Å². The van der Waals surface area contributed by atoms with Crippen LogP contribution in [0, 0.1) is 6.92 Å². The summed E-state index contributed by atoms with van der Waals surface area (Å²) in [5.41, 5.74) is 1.16. The van der Waals surface area contributed by atoms with E-state index in [0.29, 0.717) is 0 Å². The van der Waals surface area contributed by atoms with Crippen molar-refractivity contribution in [3.63, 3.8) is 0 Å². The molecule has 2 aliphatic heterocycles. The molecule has 0 aromatic carbocycles. The molecule has 1 aromatic heterocycles. The van der Waals surface area contributed by atoms with E-state index in [-0.39, 0.29) is 18.1 Å². The lowest BCUT2D eigenvalue weighted by Gasteiger charge is -2.27. The zero-order valence-corrected chi connectivity index (χ0v) is 11.4. The average molecular weight is 263 g/mol. The molecule has 0 spiro atoms. The third kappa shape index (κ3) is 2.66. The molecule has 104 valence electrons. The van der Waals surface area contributed by atoms with Gasteiger partial charge in [0.25, 0.3) is 5.91 Å². The predicted molar refractivity (Wildman–Crippen MR) is 70.7 cm³/mol. The largest absolute Gasteiger partial charge is 0.368 e. The van der Waals surface area contributed by atoms with Crippen LogP contribution in [0.3, 0.4) is 0 Å². The molecule has 3 rings (SSSR count). The van der Waals surface area contributed by atoms with Crippen LogP contribution >= 0.6 is 0 Å². The van der Waals surface area contributed by atoms with Crippen molar-refractivity contribution < 1.29 is 9.53 Å². The van der Waals surface area contributed by atoms with Crippen LogP contribution in [0.2, 0.25) is 0 Å². The Balaban J connectivity index is 1.65. The Kier molecular flexibility index (Phi) is 3.55. The minimum Gasteiger partial charge on any atom is -0.368 e. The molecule has 3 heterocycles. The van der Waals surface area contributed by atoms with Gasteiger partial charge in [0, 0.05) is 19.3 Å². The summed E-state index contributed by atoms with van der Waals surface area (Å²) in [6.07, 6.45) is 7.74. The van der Waals surface area contributed by atoms with E-state index in [4.69, 9.17) is 4.74 Å². The van der Waals surface area contributed by atoms with E-state index in [2.05, 4.69) is 5.10 Å². The number of aromatic nitrogens is 2. The van der Waals surface area contributed by atoms with E-state index < -0.39 is 0 Å². The van der Waals surface area contributed by atoms with Crippen LogP contribution in [0.4, 0.5) is 0 Å². The number of carbonyl (C=O) groups is 1. The molecule has 0 radical (unpaired) electrons. The number of hydrogen-bond donors (Lipinski definition) is 0. The summed E-state index contributed by atoms with van der Waals surface area (Å²) in [5.74, 6) is 0.184. The monoisotopic (exact) mass is 263 g/mol. The van der Waals surface area contributed by atoms with Gasteiger partial charge in [0.05, 0.1) is 18.8 Å². The van der Waals surface area contributed by atoms with Gasteiger partial charge in [0.1, 0.15) is 6.10 Å². The van der Waals surface area contributed by atoms with Crippen LogP contribution in [-0.2, 0) is 16.1 Å². The molecule has 0 N–H and O–H groups in total. The van der Waals surface area contributed by atoms with Gasteiger partial charge in [0.2, 0.25) is 0 Å². The third-order valence-electron chi connectivity index (χ3n) is 4.03. The molecule has 1 aromatic rings. The molecule has 5 heteroatoms. The molecular formula is C14H21N3O2. The van der Waals surface area contributed by atoms with E-state index in [0.717, 1.165) is 50.9 Å².